The van der Waals surface area contributed by atoms with Gasteiger partial charge in [0.2, 0.25) is 0 Å². The number of esters is 1. The van der Waals surface area contributed by atoms with Crippen molar-refractivity contribution in [3.05, 3.63) is 91.2 Å². The van der Waals surface area contributed by atoms with Crippen LogP contribution in [0.3, 0.4) is 0 Å². The maximum atomic E-state index is 12.9. The largest absolute Gasteiger partial charge is 0.493 e. The predicted octanol–water partition coefficient (Wildman–Crippen LogP) is 6.86. The van der Waals surface area contributed by atoms with Gasteiger partial charge in [0.1, 0.15) is 12.4 Å². The lowest BCUT2D eigenvalue weighted by Gasteiger charge is -2.14. The van der Waals surface area contributed by atoms with Crippen molar-refractivity contribution in [1.29, 1.82) is 0 Å². The van der Waals surface area contributed by atoms with Crippen molar-refractivity contribution >= 4 is 66.8 Å². The molecule has 1 heterocycles. The van der Waals surface area contributed by atoms with Gasteiger partial charge in [-0.1, -0.05) is 29.8 Å². The molecule has 0 radical (unpaired) electrons. The Balaban J connectivity index is 1.47. The molecule has 0 aromatic heterocycles. The fraction of sp³-hybridized carbons (Fsp3) is 0.148. The molecule has 0 unspecified atom stereocenters. The third-order valence-electron chi connectivity index (χ3n) is 5.32. The molecule has 1 saturated heterocycles. The van der Waals surface area contributed by atoms with E-state index in [1.807, 2.05) is 31.2 Å². The van der Waals surface area contributed by atoms with Crippen LogP contribution in [0.4, 0.5) is 4.79 Å². The van der Waals surface area contributed by atoms with E-state index in [2.05, 4.69) is 31.9 Å². The van der Waals surface area contributed by atoms with E-state index in [9.17, 15) is 14.4 Å². The zero-order valence-electron chi connectivity index (χ0n) is 19.8. The number of carbonyl (C=O) groups is 3. The molecule has 190 valence electrons. The van der Waals surface area contributed by atoms with Crippen LogP contribution >= 0.6 is 43.6 Å². The molecule has 37 heavy (non-hydrogen) atoms. The Morgan fingerprint density at radius 2 is 1.76 bits per heavy atom. The number of methoxy groups -OCH3 is 1. The number of carbonyl (C=O) groups excluding carboxylic acids is 3. The van der Waals surface area contributed by atoms with Gasteiger partial charge in [-0.3, -0.25) is 14.5 Å². The van der Waals surface area contributed by atoms with Crippen molar-refractivity contribution in [3.8, 4) is 17.2 Å². The topological polar surface area (TPSA) is 82.1 Å². The second kappa shape index (κ2) is 12.0. The number of hydrogen-bond donors (Lipinski definition) is 0. The molecule has 3 aromatic rings. The first-order valence-corrected chi connectivity index (χ1v) is 13.5. The number of rotatable bonds is 8. The summed E-state index contributed by atoms with van der Waals surface area (Å²) in [6.07, 6.45) is 1.60. The number of hydrogen-bond acceptors (Lipinski definition) is 7. The van der Waals surface area contributed by atoms with Gasteiger partial charge in [-0.2, -0.15) is 0 Å². The van der Waals surface area contributed by atoms with E-state index in [4.69, 9.17) is 14.2 Å². The van der Waals surface area contributed by atoms with Gasteiger partial charge in [-0.25, -0.2) is 4.79 Å². The minimum absolute atomic E-state index is 0.132. The Morgan fingerprint density at radius 3 is 2.46 bits per heavy atom. The third-order valence-corrected chi connectivity index (χ3v) is 7.50. The molecule has 0 aliphatic carbocycles. The fourth-order valence-corrected chi connectivity index (χ4v) is 5.28. The Hall–Kier alpha value is -3.08. The summed E-state index contributed by atoms with van der Waals surface area (Å²) in [5.41, 5.74) is 2.06. The molecule has 10 heteroatoms. The van der Waals surface area contributed by atoms with E-state index in [0.29, 0.717) is 25.8 Å². The normalized spacial score (nSPS) is 14.3. The summed E-state index contributed by atoms with van der Waals surface area (Å²) in [6, 6.07) is 17.8. The summed E-state index contributed by atoms with van der Waals surface area (Å²) >= 11 is 7.62. The summed E-state index contributed by atoms with van der Waals surface area (Å²) in [6.45, 7) is 2.30. The summed E-state index contributed by atoms with van der Waals surface area (Å²) in [5, 5.41) is -0.367. The zero-order valence-corrected chi connectivity index (χ0v) is 23.8. The SMILES string of the molecule is COc1cc(/C=C2\SC(=O)N(CCOc3ccc(C)cc3)C2=O)cc(Br)c1OC(=O)c1ccccc1Br. The second-order valence-electron chi connectivity index (χ2n) is 7.90. The maximum Gasteiger partial charge on any atom is 0.344 e. The summed E-state index contributed by atoms with van der Waals surface area (Å²) < 4.78 is 17.7. The molecule has 0 spiro atoms. The molecule has 0 bridgehead atoms. The van der Waals surface area contributed by atoms with E-state index in [-0.39, 0.29) is 34.8 Å². The van der Waals surface area contributed by atoms with Crippen LogP contribution in [0.5, 0.6) is 17.2 Å². The van der Waals surface area contributed by atoms with Crippen LogP contribution in [0.2, 0.25) is 0 Å². The number of benzene rings is 3. The standard InChI is InChI=1S/C27H21Br2NO6S/c1-16-7-9-18(10-8-16)35-12-11-30-25(31)23(37-27(30)33)15-17-13-21(29)24(22(14-17)34-2)36-26(32)19-5-3-4-6-20(19)28/h3-10,13-15H,11-12H2,1-2H3/b23-15-. The minimum Gasteiger partial charge on any atom is -0.493 e. The molecular formula is C27H21Br2NO6S. The summed E-state index contributed by atoms with van der Waals surface area (Å²) in [5.74, 6) is 0.189. The molecule has 1 fully saturated rings. The van der Waals surface area contributed by atoms with Crippen molar-refractivity contribution in [3.63, 3.8) is 0 Å². The van der Waals surface area contributed by atoms with E-state index in [1.165, 1.54) is 7.11 Å². The Labute approximate surface area is 235 Å². The van der Waals surface area contributed by atoms with Crippen LogP contribution in [0.15, 0.2) is 74.5 Å². The quantitative estimate of drug-likeness (QED) is 0.150. The molecule has 4 rings (SSSR count). The van der Waals surface area contributed by atoms with Gasteiger partial charge in [0.05, 0.1) is 28.6 Å². The van der Waals surface area contributed by atoms with Gasteiger partial charge in [-0.05, 0) is 98.6 Å². The first kappa shape index (κ1) is 27.0. The number of halogens is 2. The molecule has 0 saturated carbocycles. The van der Waals surface area contributed by atoms with Gasteiger partial charge < -0.3 is 14.2 Å². The number of aryl methyl sites for hydroxylation is 1. The van der Waals surface area contributed by atoms with E-state index in [0.717, 1.165) is 22.2 Å². The average molecular weight is 647 g/mol. The molecule has 0 N–H and O–H groups in total. The lowest BCUT2D eigenvalue weighted by atomic mass is 10.1. The highest BCUT2D eigenvalue weighted by Gasteiger charge is 2.35. The number of thioether (sulfide) groups is 1. The van der Waals surface area contributed by atoms with Crippen LogP contribution in [-0.4, -0.2) is 42.3 Å². The molecule has 1 aliphatic heterocycles. The fourth-order valence-electron chi connectivity index (χ4n) is 3.43. The third kappa shape index (κ3) is 6.44. The van der Waals surface area contributed by atoms with Crippen molar-refractivity contribution in [2.45, 2.75) is 6.92 Å². The zero-order chi connectivity index (χ0) is 26.5. The van der Waals surface area contributed by atoms with Crippen LogP contribution in [0.1, 0.15) is 21.5 Å². The van der Waals surface area contributed by atoms with E-state index < -0.39 is 11.9 Å². The maximum absolute atomic E-state index is 12.9. The van der Waals surface area contributed by atoms with Gasteiger partial charge in [0.25, 0.3) is 11.1 Å². The van der Waals surface area contributed by atoms with Crippen LogP contribution in [0.25, 0.3) is 6.08 Å². The highest BCUT2D eigenvalue weighted by Crippen LogP contribution is 2.39. The second-order valence-corrected chi connectivity index (χ2v) is 10.6. The first-order chi connectivity index (χ1) is 17.8. The van der Waals surface area contributed by atoms with Crippen molar-refractivity contribution in [1.82, 2.24) is 4.90 Å². The van der Waals surface area contributed by atoms with E-state index >= 15 is 0 Å². The van der Waals surface area contributed by atoms with E-state index in [1.54, 1.807) is 42.5 Å². The van der Waals surface area contributed by atoms with Gasteiger partial charge in [0, 0.05) is 4.47 Å². The Morgan fingerprint density at radius 1 is 1.03 bits per heavy atom. The number of nitrogens with zero attached hydrogens (tertiary/aromatic N) is 1. The smallest absolute Gasteiger partial charge is 0.344 e. The minimum atomic E-state index is -0.562. The van der Waals surface area contributed by atoms with Gasteiger partial charge >= 0.3 is 5.97 Å². The number of ether oxygens (including phenoxy) is 3. The van der Waals surface area contributed by atoms with Gasteiger partial charge in [0.15, 0.2) is 11.5 Å². The van der Waals surface area contributed by atoms with Crippen molar-refractivity contribution in [2.24, 2.45) is 0 Å². The summed E-state index contributed by atoms with van der Waals surface area (Å²) in [7, 11) is 1.45. The number of amides is 2. The Kier molecular flexibility index (Phi) is 8.73. The van der Waals surface area contributed by atoms with Crippen LogP contribution in [-0.2, 0) is 4.79 Å². The summed E-state index contributed by atoms with van der Waals surface area (Å²) in [4.78, 5) is 39.5. The average Bonchev–Trinajstić information content (AvgIpc) is 3.14. The van der Waals surface area contributed by atoms with Crippen LogP contribution < -0.4 is 14.2 Å². The molecular weight excluding hydrogens is 626 g/mol. The molecule has 0 atom stereocenters. The van der Waals surface area contributed by atoms with Crippen molar-refractivity contribution in [2.75, 3.05) is 20.3 Å². The van der Waals surface area contributed by atoms with Crippen molar-refractivity contribution < 1.29 is 28.6 Å². The highest BCUT2D eigenvalue weighted by atomic mass is 79.9. The van der Waals surface area contributed by atoms with Gasteiger partial charge in [-0.15, -0.1) is 0 Å². The molecule has 1 aliphatic rings. The monoisotopic (exact) mass is 645 g/mol. The molecule has 7 nitrogen and oxygen atoms in total. The highest BCUT2D eigenvalue weighted by molar-refractivity contribution is 9.10. The lowest BCUT2D eigenvalue weighted by Crippen LogP contribution is -2.32. The molecule has 3 aromatic carbocycles. The predicted molar refractivity (Wildman–Crippen MR) is 149 cm³/mol. The Bertz CT molecular complexity index is 1390. The first-order valence-electron chi connectivity index (χ1n) is 11.1. The van der Waals surface area contributed by atoms with Crippen LogP contribution in [0, 0.1) is 6.92 Å². The molecule has 2 amide bonds. The lowest BCUT2D eigenvalue weighted by molar-refractivity contribution is -0.123. The number of imide groups is 1.